The molecule has 1 amide bonds. The summed E-state index contributed by atoms with van der Waals surface area (Å²) in [6.45, 7) is -0.395. The Kier molecular flexibility index (Phi) is 7.28. The first-order chi connectivity index (χ1) is 14.0. The number of carbonyl (C=O) groups is 2. The lowest BCUT2D eigenvalue weighted by Crippen LogP contribution is -2.22. The Morgan fingerprint density at radius 3 is 2.00 bits per heavy atom. The van der Waals surface area contributed by atoms with Crippen LogP contribution in [0.25, 0.3) is 0 Å². The number of benzene rings is 3. The van der Waals surface area contributed by atoms with Gasteiger partial charge < -0.3 is 10.1 Å². The highest BCUT2D eigenvalue weighted by atomic mass is 35.5. The molecule has 0 saturated heterocycles. The largest absolute Gasteiger partial charge is 0.456 e. The molecule has 6 heteroatoms. The van der Waals surface area contributed by atoms with Crippen molar-refractivity contribution in [3.05, 3.63) is 100 Å². The standard InChI is InChI=1S/C23H19Cl2NO3/c24-18-11-12-21(20(25)13-18)26-22(27)15-29-23(28)14-19(16-7-3-1-4-8-16)17-9-5-2-6-10-17/h1-13,19H,14-15H2,(H,26,27). The molecule has 0 radical (unpaired) electrons. The van der Waals surface area contributed by atoms with Crippen molar-refractivity contribution in [2.75, 3.05) is 11.9 Å². The zero-order valence-electron chi connectivity index (χ0n) is 15.5. The number of carbonyl (C=O) groups excluding carboxylic acids is 2. The van der Waals surface area contributed by atoms with E-state index in [0.717, 1.165) is 11.1 Å². The normalized spacial score (nSPS) is 10.6. The van der Waals surface area contributed by atoms with Crippen molar-refractivity contribution in [2.24, 2.45) is 0 Å². The third-order valence-electron chi connectivity index (χ3n) is 4.34. The highest BCUT2D eigenvalue weighted by Gasteiger charge is 2.20. The SMILES string of the molecule is O=C(COC(=O)CC(c1ccccc1)c1ccccc1)Nc1ccc(Cl)cc1Cl. The van der Waals surface area contributed by atoms with E-state index in [1.54, 1.807) is 12.1 Å². The van der Waals surface area contributed by atoms with Gasteiger partial charge in [0.2, 0.25) is 0 Å². The monoisotopic (exact) mass is 427 g/mol. The highest BCUT2D eigenvalue weighted by molar-refractivity contribution is 6.36. The van der Waals surface area contributed by atoms with Gasteiger partial charge in [0.15, 0.2) is 6.61 Å². The molecule has 3 aromatic rings. The molecule has 29 heavy (non-hydrogen) atoms. The summed E-state index contributed by atoms with van der Waals surface area (Å²) in [6, 6.07) is 24.2. The molecule has 0 aliphatic carbocycles. The van der Waals surface area contributed by atoms with E-state index < -0.39 is 18.5 Å². The summed E-state index contributed by atoms with van der Waals surface area (Å²) >= 11 is 11.9. The molecule has 0 aliphatic heterocycles. The molecule has 0 saturated carbocycles. The lowest BCUT2D eigenvalue weighted by Gasteiger charge is -2.17. The van der Waals surface area contributed by atoms with Gasteiger partial charge in [0.25, 0.3) is 5.91 Å². The number of hydrogen-bond acceptors (Lipinski definition) is 3. The van der Waals surface area contributed by atoms with Crippen LogP contribution in [0.15, 0.2) is 78.9 Å². The Morgan fingerprint density at radius 2 is 1.45 bits per heavy atom. The number of ether oxygens (including phenoxy) is 1. The summed E-state index contributed by atoms with van der Waals surface area (Å²) in [7, 11) is 0. The second-order valence-corrected chi connectivity index (χ2v) is 7.25. The van der Waals surface area contributed by atoms with E-state index in [9.17, 15) is 9.59 Å². The minimum absolute atomic E-state index is 0.128. The Morgan fingerprint density at radius 1 is 0.862 bits per heavy atom. The summed E-state index contributed by atoms with van der Waals surface area (Å²) in [6.07, 6.45) is 0.128. The van der Waals surface area contributed by atoms with E-state index >= 15 is 0 Å². The molecule has 148 valence electrons. The minimum Gasteiger partial charge on any atom is -0.456 e. The van der Waals surface area contributed by atoms with Crippen molar-refractivity contribution in [3.63, 3.8) is 0 Å². The molecule has 0 spiro atoms. The smallest absolute Gasteiger partial charge is 0.307 e. The van der Waals surface area contributed by atoms with Crippen LogP contribution in [-0.2, 0) is 14.3 Å². The van der Waals surface area contributed by atoms with Crippen molar-refractivity contribution < 1.29 is 14.3 Å². The Bertz CT molecular complexity index is 938. The summed E-state index contributed by atoms with van der Waals surface area (Å²) in [5, 5.41) is 3.38. The van der Waals surface area contributed by atoms with Gasteiger partial charge in [-0.25, -0.2) is 0 Å². The summed E-state index contributed by atoms with van der Waals surface area (Å²) < 4.78 is 5.19. The molecule has 4 nitrogen and oxygen atoms in total. The van der Waals surface area contributed by atoms with Crippen molar-refractivity contribution in [1.82, 2.24) is 0 Å². The lowest BCUT2D eigenvalue weighted by atomic mass is 9.89. The molecule has 1 N–H and O–H groups in total. The zero-order chi connectivity index (χ0) is 20.6. The van der Waals surface area contributed by atoms with Gasteiger partial charge in [0.05, 0.1) is 17.1 Å². The number of nitrogens with one attached hydrogen (secondary N) is 1. The zero-order valence-corrected chi connectivity index (χ0v) is 17.0. The van der Waals surface area contributed by atoms with Crippen LogP contribution in [0.2, 0.25) is 10.0 Å². The van der Waals surface area contributed by atoms with Crippen LogP contribution in [-0.4, -0.2) is 18.5 Å². The first-order valence-electron chi connectivity index (χ1n) is 9.03. The summed E-state index contributed by atoms with van der Waals surface area (Å²) in [5.41, 5.74) is 2.42. The van der Waals surface area contributed by atoms with Gasteiger partial charge in [-0.3, -0.25) is 9.59 Å². The van der Waals surface area contributed by atoms with Gasteiger partial charge in [0.1, 0.15) is 0 Å². The molecule has 3 rings (SSSR count). The average Bonchev–Trinajstić information content (AvgIpc) is 2.74. The van der Waals surface area contributed by atoms with Gasteiger partial charge in [-0.15, -0.1) is 0 Å². The third-order valence-corrected chi connectivity index (χ3v) is 4.89. The van der Waals surface area contributed by atoms with Crippen LogP contribution >= 0.6 is 23.2 Å². The highest BCUT2D eigenvalue weighted by Crippen LogP contribution is 2.28. The van der Waals surface area contributed by atoms with Gasteiger partial charge >= 0.3 is 5.97 Å². The van der Waals surface area contributed by atoms with Crippen molar-refractivity contribution in [3.8, 4) is 0 Å². The van der Waals surface area contributed by atoms with Crippen LogP contribution in [0.3, 0.4) is 0 Å². The van der Waals surface area contributed by atoms with E-state index in [1.165, 1.54) is 6.07 Å². The fraction of sp³-hybridized carbons (Fsp3) is 0.130. The minimum atomic E-state index is -0.474. The maximum atomic E-state index is 12.4. The molecular formula is C23H19Cl2NO3. The second-order valence-electron chi connectivity index (χ2n) is 6.41. The molecule has 0 bridgehead atoms. The fourth-order valence-corrected chi connectivity index (χ4v) is 3.40. The Labute approximate surface area is 179 Å². The molecule has 0 unspecified atom stereocenters. The number of halogens is 2. The molecule has 0 aliphatic rings. The maximum Gasteiger partial charge on any atom is 0.307 e. The first kappa shape index (κ1) is 20.9. The van der Waals surface area contributed by atoms with Gasteiger partial charge in [-0.2, -0.15) is 0 Å². The van der Waals surface area contributed by atoms with Crippen LogP contribution in [0.4, 0.5) is 5.69 Å². The Hall–Kier alpha value is -2.82. The van der Waals surface area contributed by atoms with Gasteiger partial charge in [0, 0.05) is 10.9 Å². The molecule has 3 aromatic carbocycles. The molecule has 0 atom stereocenters. The average molecular weight is 428 g/mol. The number of anilines is 1. The summed E-state index contributed by atoms with van der Waals surface area (Å²) in [4.78, 5) is 24.5. The van der Waals surface area contributed by atoms with Crippen LogP contribution in [0.1, 0.15) is 23.5 Å². The molecule has 0 fully saturated rings. The molecular weight excluding hydrogens is 409 g/mol. The first-order valence-corrected chi connectivity index (χ1v) is 9.79. The van der Waals surface area contributed by atoms with Crippen molar-refractivity contribution in [2.45, 2.75) is 12.3 Å². The van der Waals surface area contributed by atoms with Crippen molar-refractivity contribution in [1.29, 1.82) is 0 Å². The number of hydrogen-bond donors (Lipinski definition) is 1. The van der Waals surface area contributed by atoms with Crippen LogP contribution in [0.5, 0.6) is 0 Å². The predicted octanol–water partition coefficient (Wildman–Crippen LogP) is 5.70. The quantitative estimate of drug-likeness (QED) is 0.492. The predicted molar refractivity (Wildman–Crippen MR) is 115 cm³/mol. The number of esters is 1. The summed E-state index contributed by atoms with van der Waals surface area (Å²) in [5.74, 6) is -1.09. The van der Waals surface area contributed by atoms with Crippen LogP contribution < -0.4 is 5.32 Å². The van der Waals surface area contributed by atoms with E-state index in [2.05, 4.69) is 5.32 Å². The van der Waals surface area contributed by atoms with Crippen molar-refractivity contribution >= 4 is 40.8 Å². The third kappa shape index (κ3) is 6.08. The van der Waals surface area contributed by atoms with E-state index in [1.807, 2.05) is 60.7 Å². The van der Waals surface area contributed by atoms with E-state index in [0.29, 0.717) is 15.7 Å². The van der Waals surface area contributed by atoms with E-state index in [-0.39, 0.29) is 12.3 Å². The Balaban J connectivity index is 1.61. The molecule has 0 aromatic heterocycles. The van der Waals surface area contributed by atoms with Gasteiger partial charge in [-0.05, 0) is 29.3 Å². The fourth-order valence-electron chi connectivity index (χ4n) is 2.95. The second kappa shape index (κ2) is 10.1. The van der Waals surface area contributed by atoms with Gasteiger partial charge in [-0.1, -0.05) is 83.9 Å². The van der Waals surface area contributed by atoms with E-state index in [4.69, 9.17) is 27.9 Å². The number of rotatable bonds is 7. The maximum absolute atomic E-state index is 12.4. The molecule has 0 heterocycles. The lowest BCUT2D eigenvalue weighted by molar-refractivity contribution is -0.147. The number of amides is 1. The topological polar surface area (TPSA) is 55.4 Å². The van der Waals surface area contributed by atoms with Crippen LogP contribution in [0, 0.1) is 0 Å².